The summed E-state index contributed by atoms with van der Waals surface area (Å²) in [6.45, 7) is 12.4. The molecule has 0 bridgehead atoms. The molecule has 0 N–H and O–H groups in total. The maximum atomic E-state index is 3.83. The summed E-state index contributed by atoms with van der Waals surface area (Å²) >= 11 is 0. The van der Waals surface area contributed by atoms with Crippen molar-refractivity contribution < 1.29 is 0 Å². The molecule has 1 rings (SSSR count). The highest BCUT2D eigenvalue weighted by Gasteiger charge is 2.05. The van der Waals surface area contributed by atoms with E-state index in [-0.39, 0.29) is 0 Å². The molecule has 1 aromatic carbocycles. The van der Waals surface area contributed by atoms with Crippen molar-refractivity contribution in [3.8, 4) is 0 Å². The van der Waals surface area contributed by atoms with Gasteiger partial charge in [0.2, 0.25) is 0 Å². The topological polar surface area (TPSA) is 0 Å². The smallest absolute Gasteiger partial charge is 0.0198 e. The van der Waals surface area contributed by atoms with Gasteiger partial charge >= 0.3 is 0 Å². The van der Waals surface area contributed by atoms with Crippen LogP contribution in [0.3, 0.4) is 0 Å². The third kappa shape index (κ3) is 1.79. The molecule has 0 atom stereocenters. The number of rotatable bonds is 2. The van der Waals surface area contributed by atoms with Crippen molar-refractivity contribution in [2.45, 2.75) is 27.7 Å². The van der Waals surface area contributed by atoms with Crippen LogP contribution in [0, 0.1) is 20.8 Å². The molecule has 0 unspecified atom stereocenters. The molecule has 0 aromatic heterocycles. The number of hydrogen-bond donors (Lipinski definition) is 0. The molecule has 0 aliphatic heterocycles. The summed E-state index contributed by atoms with van der Waals surface area (Å²) in [5, 5.41) is 0. The van der Waals surface area contributed by atoms with E-state index in [4.69, 9.17) is 0 Å². The Kier molecular flexibility index (Phi) is 3.29. The molecule has 0 nitrogen and oxygen atoms in total. The van der Waals surface area contributed by atoms with Crippen molar-refractivity contribution in [1.82, 2.24) is 0 Å². The van der Waals surface area contributed by atoms with E-state index in [0.717, 1.165) is 0 Å². The highest BCUT2D eigenvalue weighted by molar-refractivity contribution is 5.65. The van der Waals surface area contributed by atoms with E-state index < -0.39 is 0 Å². The molecule has 14 heavy (non-hydrogen) atoms. The molecule has 0 saturated carbocycles. The van der Waals surface area contributed by atoms with Crippen LogP contribution >= 0.6 is 0 Å². The van der Waals surface area contributed by atoms with Crippen molar-refractivity contribution in [1.29, 1.82) is 0 Å². The zero-order chi connectivity index (χ0) is 10.7. The van der Waals surface area contributed by atoms with E-state index in [1.807, 2.05) is 6.08 Å². The standard InChI is InChI=1S/C14H18/c1-6-8-14-10(3)9-13(7-2)11(4)12(14)5/h6-9H,2H2,1,3-5H3/b8-6-. The number of allylic oxidation sites excluding steroid dienone is 1. The Labute approximate surface area is 87.0 Å². The highest BCUT2D eigenvalue weighted by atomic mass is 14.1. The Morgan fingerprint density at radius 2 is 1.79 bits per heavy atom. The first-order valence-electron chi connectivity index (χ1n) is 4.97. The van der Waals surface area contributed by atoms with Crippen LogP contribution in [0.25, 0.3) is 12.2 Å². The van der Waals surface area contributed by atoms with Gasteiger partial charge in [-0.1, -0.05) is 30.9 Å². The highest BCUT2D eigenvalue weighted by Crippen LogP contribution is 2.23. The number of hydrogen-bond acceptors (Lipinski definition) is 0. The quantitative estimate of drug-likeness (QED) is 0.646. The minimum atomic E-state index is 1.24. The largest absolute Gasteiger partial charge is 0.0985 e. The van der Waals surface area contributed by atoms with Crippen LogP contribution in [0.15, 0.2) is 18.7 Å². The Balaban J connectivity index is 3.48. The predicted molar refractivity (Wildman–Crippen MR) is 65.5 cm³/mol. The molecule has 74 valence electrons. The van der Waals surface area contributed by atoms with E-state index in [9.17, 15) is 0 Å². The summed E-state index contributed by atoms with van der Waals surface area (Å²) in [6.07, 6.45) is 6.18. The average Bonchev–Trinajstić information content (AvgIpc) is 2.18. The van der Waals surface area contributed by atoms with E-state index >= 15 is 0 Å². The fraction of sp³-hybridized carbons (Fsp3) is 0.286. The van der Waals surface area contributed by atoms with Gasteiger partial charge in [0.25, 0.3) is 0 Å². The van der Waals surface area contributed by atoms with E-state index in [0.29, 0.717) is 0 Å². The second-order valence-electron chi connectivity index (χ2n) is 3.65. The summed E-state index contributed by atoms with van der Waals surface area (Å²) in [7, 11) is 0. The van der Waals surface area contributed by atoms with Gasteiger partial charge in [0.1, 0.15) is 0 Å². The third-order valence-electron chi connectivity index (χ3n) is 2.75. The van der Waals surface area contributed by atoms with Crippen molar-refractivity contribution in [3.05, 3.63) is 46.5 Å². The van der Waals surface area contributed by atoms with Crippen LogP contribution < -0.4 is 0 Å². The van der Waals surface area contributed by atoms with Crippen molar-refractivity contribution in [3.63, 3.8) is 0 Å². The zero-order valence-corrected chi connectivity index (χ0v) is 9.52. The molecule has 0 spiro atoms. The zero-order valence-electron chi connectivity index (χ0n) is 9.52. The second kappa shape index (κ2) is 4.28. The molecule has 0 aliphatic rings. The molecule has 0 amide bonds. The molecule has 0 saturated heterocycles. The van der Waals surface area contributed by atoms with Gasteiger partial charge in [0, 0.05) is 0 Å². The van der Waals surface area contributed by atoms with Gasteiger partial charge in [0.05, 0.1) is 0 Å². The minimum absolute atomic E-state index is 1.24. The van der Waals surface area contributed by atoms with Crippen LogP contribution in [-0.2, 0) is 0 Å². The summed E-state index contributed by atoms with van der Waals surface area (Å²) in [6, 6.07) is 2.20. The van der Waals surface area contributed by atoms with Gasteiger partial charge in [-0.05, 0) is 55.5 Å². The molecule has 0 aliphatic carbocycles. The summed E-state index contributed by atoms with van der Waals surface area (Å²) in [5.41, 5.74) is 6.60. The van der Waals surface area contributed by atoms with Crippen molar-refractivity contribution in [2.24, 2.45) is 0 Å². The Bertz CT molecular complexity index is 382. The summed E-state index contributed by atoms with van der Waals surface area (Å²) in [4.78, 5) is 0. The number of benzene rings is 1. The van der Waals surface area contributed by atoms with Crippen LogP contribution in [0.2, 0.25) is 0 Å². The van der Waals surface area contributed by atoms with Crippen LogP contribution in [0.4, 0.5) is 0 Å². The van der Waals surface area contributed by atoms with E-state index in [1.54, 1.807) is 0 Å². The lowest BCUT2D eigenvalue weighted by Gasteiger charge is -2.12. The molecular formula is C14H18. The number of aryl methyl sites for hydroxylation is 1. The van der Waals surface area contributed by atoms with Crippen molar-refractivity contribution >= 4 is 12.2 Å². The van der Waals surface area contributed by atoms with E-state index in [2.05, 4.69) is 52.5 Å². The maximum Gasteiger partial charge on any atom is -0.0198 e. The molecule has 0 fully saturated rings. The minimum Gasteiger partial charge on any atom is -0.0985 e. The Hall–Kier alpha value is -1.30. The lowest BCUT2D eigenvalue weighted by atomic mass is 9.93. The predicted octanol–water partition coefficient (Wildman–Crippen LogP) is 4.29. The van der Waals surface area contributed by atoms with Crippen LogP contribution in [0.1, 0.15) is 34.7 Å². The van der Waals surface area contributed by atoms with Gasteiger partial charge in [0.15, 0.2) is 0 Å². The lowest BCUT2D eigenvalue weighted by Crippen LogP contribution is -1.93. The monoisotopic (exact) mass is 186 g/mol. The molecule has 0 heterocycles. The summed E-state index contributed by atoms with van der Waals surface area (Å²) in [5.74, 6) is 0. The van der Waals surface area contributed by atoms with E-state index in [1.165, 1.54) is 27.8 Å². The fourth-order valence-electron chi connectivity index (χ4n) is 1.77. The van der Waals surface area contributed by atoms with Gasteiger partial charge in [-0.25, -0.2) is 0 Å². The van der Waals surface area contributed by atoms with Gasteiger partial charge in [-0.3, -0.25) is 0 Å². The lowest BCUT2D eigenvalue weighted by molar-refractivity contribution is 1.27. The fourth-order valence-corrected chi connectivity index (χ4v) is 1.77. The average molecular weight is 186 g/mol. The van der Waals surface area contributed by atoms with Crippen LogP contribution in [-0.4, -0.2) is 0 Å². The van der Waals surface area contributed by atoms with Gasteiger partial charge in [-0.2, -0.15) is 0 Å². The summed E-state index contributed by atoms with van der Waals surface area (Å²) < 4.78 is 0. The van der Waals surface area contributed by atoms with Crippen LogP contribution in [0.5, 0.6) is 0 Å². The maximum absolute atomic E-state index is 3.83. The van der Waals surface area contributed by atoms with Gasteiger partial charge in [-0.15, -0.1) is 0 Å². The Morgan fingerprint density at radius 3 is 2.29 bits per heavy atom. The molecule has 0 heteroatoms. The Morgan fingerprint density at radius 1 is 1.14 bits per heavy atom. The first-order valence-corrected chi connectivity index (χ1v) is 4.97. The SMILES string of the molecule is C=Cc1cc(C)c(/C=C\C)c(C)c1C. The normalized spacial score (nSPS) is 10.9. The first kappa shape index (κ1) is 10.8. The molecule has 0 radical (unpaired) electrons. The first-order chi connectivity index (χ1) is 6.61. The molecule has 1 aromatic rings. The third-order valence-corrected chi connectivity index (χ3v) is 2.75. The van der Waals surface area contributed by atoms with Crippen molar-refractivity contribution in [2.75, 3.05) is 0 Å². The van der Waals surface area contributed by atoms with Gasteiger partial charge < -0.3 is 0 Å². The molecular weight excluding hydrogens is 168 g/mol. The second-order valence-corrected chi connectivity index (χ2v) is 3.65.